The zero-order valence-corrected chi connectivity index (χ0v) is 21.6. The lowest BCUT2D eigenvalue weighted by atomic mass is 9.94. The number of fused-ring (bicyclic) bond motifs is 1. The first-order chi connectivity index (χ1) is 16.0. The summed E-state index contributed by atoms with van der Waals surface area (Å²) in [7, 11) is 0. The molecule has 0 radical (unpaired) electrons. The Morgan fingerprint density at radius 3 is 2.27 bits per heavy atom. The van der Waals surface area contributed by atoms with Gasteiger partial charge in [0.2, 0.25) is 0 Å². The number of hydrogen-bond acceptors (Lipinski definition) is 3. The fourth-order valence-electron chi connectivity index (χ4n) is 4.42. The van der Waals surface area contributed by atoms with Crippen molar-refractivity contribution >= 4 is 34.9 Å². The molecule has 180 valence electrons. The molecule has 1 aromatic carbocycles. The van der Waals surface area contributed by atoms with Crippen LogP contribution in [0.4, 0.5) is 5.82 Å². The lowest BCUT2D eigenvalue weighted by Gasteiger charge is -2.33. The van der Waals surface area contributed by atoms with Gasteiger partial charge in [-0.15, -0.1) is 0 Å². The van der Waals surface area contributed by atoms with Crippen LogP contribution in [0.1, 0.15) is 83.7 Å². The highest BCUT2D eigenvalue weighted by Gasteiger charge is 2.35. The van der Waals surface area contributed by atoms with E-state index in [4.69, 9.17) is 23.2 Å². The van der Waals surface area contributed by atoms with Crippen molar-refractivity contribution in [1.82, 2.24) is 14.7 Å². The molecule has 0 spiro atoms. The van der Waals surface area contributed by atoms with Crippen LogP contribution in [-0.4, -0.2) is 33.7 Å². The summed E-state index contributed by atoms with van der Waals surface area (Å²) in [5.41, 5.74) is 2.47. The Labute approximate surface area is 208 Å². The highest BCUT2D eigenvalue weighted by molar-refractivity contribution is 6.42. The molecule has 0 saturated carbocycles. The molecule has 1 atom stereocenters. The lowest BCUT2D eigenvalue weighted by Crippen LogP contribution is -2.39. The number of amides is 1. The molecule has 7 heteroatoms. The first-order valence-electron chi connectivity index (χ1n) is 12.2. The van der Waals surface area contributed by atoms with Crippen LogP contribution < -0.4 is 5.32 Å². The van der Waals surface area contributed by atoms with Crippen molar-refractivity contribution < 1.29 is 4.79 Å². The van der Waals surface area contributed by atoms with E-state index < -0.39 is 0 Å². The molecule has 2 aromatic rings. The molecule has 0 bridgehead atoms. The maximum absolute atomic E-state index is 14.0. The van der Waals surface area contributed by atoms with Gasteiger partial charge in [-0.25, -0.2) is 4.68 Å². The number of rotatable bonds is 12. The summed E-state index contributed by atoms with van der Waals surface area (Å²) in [6.07, 6.45) is 10.8. The maximum atomic E-state index is 14.0. The summed E-state index contributed by atoms with van der Waals surface area (Å²) < 4.78 is 1.87. The van der Waals surface area contributed by atoms with Crippen LogP contribution in [-0.2, 0) is 4.79 Å². The van der Waals surface area contributed by atoms with E-state index in [9.17, 15) is 4.79 Å². The number of nitrogens with one attached hydrogen (secondary N) is 1. The van der Waals surface area contributed by atoms with E-state index in [0.29, 0.717) is 10.0 Å². The van der Waals surface area contributed by atoms with Crippen molar-refractivity contribution in [1.29, 1.82) is 0 Å². The van der Waals surface area contributed by atoms with Crippen molar-refractivity contribution in [3.63, 3.8) is 0 Å². The predicted molar refractivity (Wildman–Crippen MR) is 138 cm³/mol. The number of halogens is 2. The minimum atomic E-state index is -0.354. The van der Waals surface area contributed by atoms with Crippen molar-refractivity contribution in [3.8, 4) is 0 Å². The standard InChI is InChI=1S/C26H36Cl2N4O/c1-4-6-8-10-16-31(17-11-9-7-5-2)26(33)24-19(3)30-23-14-15-29-32(23)25(24)20-12-13-21(27)22(28)18-20/h12-15,18,25,30H,4-11,16-17H2,1-3H3. The molecular weight excluding hydrogens is 455 g/mol. The maximum Gasteiger partial charge on any atom is 0.254 e. The van der Waals surface area contributed by atoms with Gasteiger partial charge < -0.3 is 10.2 Å². The molecule has 2 heterocycles. The number of unbranched alkanes of at least 4 members (excludes halogenated alkanes) is 6. The fourth-order valence-corrected chi connectivity index (χ4v) is 4.72. The topological polar surface area (TPSA) is 50.2 Å². The second-order valence-electron chi connectivity index (χ2n) is 8.81. The number of carbonyl (C=O) groups excluding carboxylic acids is 1. The van der Waals surface area contributed by atoms with Crippen molar-refractivity contribution in [2.24, 2.45) is 0 Å². The molecule has 0 fully saturated rings. The average Bonchev–Trinajstić information content (AvgIpc) is 3.26. The van der Waals surface area contributed by atoms with Gasteiger partial charge >= 0.3 is 0 Å². The SMILES string of the molecule is CCCCCCN(CCCCCC)C(=O)C1=C(C)Nc2ccnn2C1c1ccc(Cl)c(Cl)c1. The van der Waals surface area contributed by atoms with Crippen LogP contribution in [0.15, 0.2) is 41.7 Å². The smallest absolute Gasteiger partial charge is 0.254 e. The highest BCUT2D eigenvalue weighted by Crippen LogP contribution is 2.38. The molecule has 1 unspecified atom stereocenters. The molecule has 0 aliphatic carbocycles. The first kappa shape index (κ1) is 25.6. The Bertz CT molecular complexity index is 957. The van der Waals surface area contributed by atoms with Crippen LogP contribution in [0, 0.1) is 0 Å². The van der Waals surface area contributed by atoms with Gasteiger partial charge in [-0.05, 0) is 37.5 Å². The number of carbonyl (C=O) groups is 1. The molecule has 5 nitrogen and oxygen atoms in total. The fraction of sp³-hybridized carbons (Fsp3) is 0.538. The van der Waals surface area contributed by atoms with Gasteiger partial charge in [0.1, 0.15) is 11.9 Å². The number of benzene rings is 1. The molecule has 33 heavy (non-hydrogen) atoms. The van der Waals surface area contributed by atoms with E-state index in [0.717, 1.165) is 61.4 Å². The van der Waals surface area contributed by atoms with Gasteiger partial charge in [-0.2, -0.15) is 5.10 Å². The van der Waals surface area contributed by atoms with E-state index in [1.807, 2.05) is 34.7 Å². The second-order valence-corrected chi connectivity index (χ2v) is 9.63. The van der Waals surface area contributed by atoms with Gasteiger partial charge in [0.05, 0.1) is 21.8 Å². The third-order valence-electron chi connectivity index (χ3n) is 6.25. The van der Waals surface area contributed by atoms with Gasteiger partial charge in [0, 0.05) is 24.9 Å². The zero-order chi connectivity index (χ0) is 23.8. The van der Waals surface area contributed by atoms with E-state index in [2.05, 4.69) is 24.3 Å². The minimum absolute atomic E-state index is 0.0743. The first-order valence-corrected chi connectivity index (χ1v) is 13.0. The number of allylic oxidation sites excluding steroid dienone is 1. The van der Waals surface area contributed by atoms with Crippen LogP contribution in [0.25, 0.3) is 0 Å². The lowest BCUT2D eigenvalue weighted by molar-refractivity contribution is -0.127. The van der Waals surface area contributed by atoms with Crippen LogP contribution in [0.5, 0.6) is 0 Å². The summed E-state index contributed by atoms with van der Waals surface area (Å²) >= 11 is 12.6. The third kappa shape index (κ3) is 6.33. The third-order valence-corrected chi connectivity index (χ3v) is 6.99. The van der Waals surface area contributed by atoms with Crippen LogP contribution in [0.3, 0.4) is 0 Å². The van der Waals surface area contributed by atoms with E-state index in [1.165, 1.54) is 25.7 Å². The molecular formula is C26H36Cl2N4O. The Morgan fingerprint density at radius 2 is 1.67 bits per heavy atom. The Hall–Kier alpha value is -1.98. The number of nitrogens with zero attached hydrogens (tertiary/aromatic N) is 3. The quantitative estimate of drug-likeness (QED) is 0.313. The van der Waals surface area contributed by atoms with Gasteiger partial charge in [-0.1, -0.05) is 81.6 Å². The highest BCUT2D eigenvalue weighted by atomic mass is 35.5. The summed E-state index contributed by atoms with van der Waals surface area (Å²) in [6, 6.07) is 7.13. The summed E-state index contributed by atoms with van der Waals surface area (Å²) in [5, 5.41) is 8.89. The monoisotopic (exact) mass is 490 g/mol. The van der Waals surface area contributed by atoms with E-state index in [1.54, 1.807) is 12.3 Å². The number of anilines is 1. The predicted octanol–water partition coefficient (Wildman–Crippen LogP) is 7.47. The molecule has 1 aromatic heterocycles. The normalized spacial score (nSPS) is 15.4. The second kappa shape index (κ2) is 12.5. The van der Waals surface area contributed by atoms with Gasteiger partial charge in [-0.3, -0.25) is 4.79 Å². The molecule has 1 aliphatic rings. The molecule has 0 saturated heterocycles. The Kier molecular flexibility index (Phi) is 9.69. The Balaban J connectivity index is 1.93. The molecule has 1 amide bonds. The van der Waals surface area contributed by atoms with Crippen molar-refractivity contribution in [2.45, 2.75) is 78.2 Å². The van der Waals surface area contributed by atoms with Gasteiger partial charge in [0.15, 0.2) is 0 Å². The molecule has 3 rings (SSSR count). The summed E-state index contributed by atoms with van der Waals surface area (Å²) in [6.45, 7) is 7.95. The summed E-state index contributed by atoms with van der Waals surface area (Å²) in [5.74, 6) is 0.933. The summed E-state index contributed by atoms with van der Waals surface area (Å²) in [4.78, 5) is 16.1. The minimum Gasteiger partial charge on any atom is -0.344 e. The largest absolute Gasteiger partial charge is 0.344 e. The van der Waals surface area contributed by atoms with Crippen LogP contribution >= 0.6 is 23.2 Å². The average molecular weight is 492 g/mol. The van der Waals surface area contributed by atoms with Crippen LogP contribution in [0.2, 0.25) is 10.0 Å². The zero-order valence-electron chi connectivity index (χ0n) is 20.0. The van der Waals surface area contributed by atoms with Crippen molar-refractivity contribution in [3.05, 3.63) is 57.3 Å². The van der Waals surface area contributed by atoms with Gasteiger partial charge in [0.25, 0.3) is 5.91 Å². The molecule has 1 N–H and O–H groups in total. The van der Waals surface area contributed by atoms with E-state index in [-0.39, 0.29) is 11.9 Å². The number of aromatic nitrogens is 2. The van der Waals surface area contributed by atoms with Crippen molar-refractivity contribution in [2.75, 3.05) is 18.4 Å². The van der Waals surface area contributed by atoms with E-state index >= 15 is 0 Å². The number of hydrogen-bond donors (Lipinski definition) is 1. The molecule has 1 aliphatic heterocycles. The Morgan fingerprint density at radius 1 is 1.00 bits per heavy atom.